The standard InChI is InChI=1S/C17H18FN3O5S.ClH/c1-26-16-10-14(21(22)23)5-6-17(16)27(24,25)20-8-7-19-11-15(20)12-3-2-4-13(18)9-12;/h2-6,9-10,15,19H,7-8,11H2,1H3;1H. The zero-order chi connectivity index (χ0) is 19.6. The van der Waals surface area contributed by atoms with Crippen LogP contribution in [0.5, 0.6) is 5.75 Å². The minimum atomic E-state index is -4.03. The van der Waals surface area contributed by atoms with Crippen LogP contribution in [-0.4, -0.2) is 44.4 Å². The third-order valence-corrected chi connectivity index (χ3v) is 6.32. The molecule has 1 atom stereocenters. The number of hydrogen-bond acceptors (Lipinski definition) is 6. The molecular formula is C17H19ClFN3O5S. The van der Waals surface area contributed by atoms with Gasteiger partial charge in [0.25, 0.3) is 5.69 Å². The summed E-state index contributed by atoms with van der Waals surface area (Å²) in [6, 6.07) is 8.52. The lowest BCUT2D eigenvalue weighted by Gasteiger charge is -2.35. The molecule has 152 valence electrons. The lowest BCUT2D eigenvalue weighted by Crippen LogP contribution is -2.48. The van der Waals surface area contributed by atoms with Gasteiger partial charge in [-0.1, -0.05) is 12.1 Å². The first-order valence-electron chi connectivity index (χ1n) is 8.15. The average molecular weight is 432 g/mol. The molecule has 1 aliphatic heterocycles. The molecule has 3 rings (SSSR count). The molecule has 1 unspecified atom stereocenters. The number of halogens is 2. The molecule has 1 fully saturated rings. The van der Waals surface area contributed by atoms with Crippen LogP contribution in [0.4, 0.5) is 10.1 Å². The number of methoxy groups -OCH3 is 1. The second-order valence-corrected chi connectivity index (χ2v) is 7.84. The predicted octanol–water partition coefficient (Wildman–Crippen LogP) is 2.50. The van der Waals surface area contributed by atoms with Gasteiger partial charge in [-0.15, -0.1) is 12.4 Å². The lowest BCUT2D eigenvalue weighted by molar-refractivity contribution is -0.385. The average Bonchev–Trinajstić information content (AvgIpc) is 2.67. The molecule has 0 saturated carbocycles. The van der Waals surface area contributed by atoms with E-state index in [1.54, 1.807) is 6.07 Å². The van der Waals surface area contributed by atoms with Crippen molar-refractivity contribution in [3.63, 3.8) is 0 Å². The molecule has 28 heavy (non-hydrogen) atoms. The van der Waals surface area contributed by atoms with Gasteiger partial charge >= 0.3 is 0 Å². The largest absolute Gasteiger partial charge is 0.495 e. The maximum atomic E-state index is 13.6. The summed E-state index contributed by atoms with van der Waals surface area (Å²) in [5, 5.41) is 14.1. The van der Waals surface area contributed by atoms with E-state index in [9.17, 15) is 22.9 Å². The summed E-state index contributed by atoms with van der Waals surface area (Å²) >= 11 is 0. The molecule has 1 saturated heterocycles. The molecule has 0 spiro atoms. The lowest BCUT2D eigenvalue weighted by atomic mass is 10.1. The second kappa shape index (κ2) is 8.82. The van der Waals surface area contributed by atoms with Crippen LogP contribution in [0.1, 0.15) is 11.6 Å². The Kier molecular flexibility index (Phi) is 6.94. The van der Waals surface area contributed by atoms with Crippen molar-refractivity contribution < 1.29 is 22.5 Å². The topological polar surface area (TPSA) is 102 Å². The van der Waals surface area contributed by atoms with Crippen LogP contribution in [0.15, 0.2) is 47.4 Å². The fourth-order valence-electron chi connectivity index (χ4n) is 3.08. The highest BCUT2D eigenvalue weighted by atomic mass is 35.5. The highest BCUT2D eigenvalue weighted by Crippen LogP contribution is 2.35. The third kappa shape index (κ3) is 4.25. The number of nitro benzene ring substituents is 1. The Morgan fingerprint density at radius 2 is 2.04 bits per heavy atom. The normalized spacial score (nSPS) is 17.6. The summed E-state index contributed by atoms with van der Waals surface area (Å²) in [4.78, 5) is 10.2. The summed E-state index contributed by atoms with van der Waals surface area (Å²) in [5.74, 6) is -0.566. The Morgan fingerprint density at radius 3 is 2.68 bits per heavy atom. The van der Waals surface area contributed by atoms with Crippen molar-refractivity contribution >= 4 is 28.1 Å². The monoisotopic (exact) mass is 431 g/mol. The van der Waals surface area contributed by atoms with Gasteiger partial charge < -0.3 is 10.1 Å². The van der Waals surface area contributed by atoms with E-state index in [0.717, 1.165) is 18.2 Å². The summed E-state index contributed by atoms with van der Waals surface area (Å²) < 4.78 is 46.5. The molecule has 1 aliphatic rings. The number of ether oxygens (including phenoxy) is 1. The molecule has 1 N–H and O–H groups in total. The summed E-state index contributed by atoms with van der Waals surface area (Å²) in [6.07, 6.45) is 0. The third-order valence-electron chi connectivity index (χ3n) is 4.37. The van der Waals surface area contributed by atoms with Gasteiger partial charge in [0, 0.05) is 25.7 Å². The van der Waals surface area contributed by atoms with Crippen LogP contribution < -0.4 is 10.1 Å². The summed E-state index contributed by atoms with van der Waals surface area (Å²) in [6.45, 7) is 0.919. The Morgan fingerprint density at radius 1 is 1.29 bits per heavy atom. The number of sulfonamides is 1. The van der Waals surface area contributed by atoms with Gasteiger partial charge in [0.05, 0.1) is 24.1 Å². The van der Waals surface area contributed by atoms with Gasteiger partial charge in [-0.2, -0.15) is 4.31 Å². The minimum Gasteiger partial charge on any atom is -0.495 e. The van der Waals surface area contributed by atoms with E-state index in [-0.39, 0.29) is 35.3 Å². The number of nitrogens with one attached hydrogen (secondary N) is 1. The van der Waals surface area contributed by atoms with Crippen LogP contribution in [0.2, 0.25) is 0 Å². The van der Waals surface area contributed by atoms with Crippen molar-refractivity contribution in [1.82, 2.24) is 9.62 Å². The highest BCUT2D eigenvalue weighted by Gasteiger charge is 2.36. The van der Waals surface area contributed by atoms with Crippen LogP contribution in [-0.2, 0) is 10.0 Å². The Hall–Kier alpha value is -2.27. The van der Waals surface area contributed by atoms with Crippen molar-refractivity contribution in [3.8, 4) is 5.75 Å². The van der Waals surface area contributed by atoms with E-state index in [2.05, 4.69) is 5.32 Å². The van der Waals surface area contributed by atoms with Gasteiger partial charge in [0.1, 0.15) is 16.5 Å². The van der Waals surface area contributed by atoms with Crippen LogP contribution in [0.3, 0.4) is 0 Å². The van der Waals surface area contributed by atoms with E-state index >= 15 is 0 Å². The van der Waals surface area contributed by atoms with E-state index in [0.29, 0.717) is 18.7 Å². The molecule has 0 aliphatic carbocycles. The first-order chi connectivity index (χ1) is 12.8. The number of piperazine rings is 1. The summed E-state index contributed by atoms with van der Waals surface area (Å²) in [7, 11) is -2.78. The number of non-ortho nitro benzene ring substituents is 1. The van der Waals surface area contributed by atoms with Gasteiger partial charge in [-0.05, 0) is 23.8 Å². The van der Waals surface area contributed by atoms with E-state index in [1.807, 2.05) is 0 Å². The predicted molar refractivity (Wildman–Crippen MR) is 103 cm³/mol. The zero-order valence-corrected chi connectivity index (χ0v) is 16.5. The van der Waals surface area contributed by atoms with Crippen molar-refractivity contribution in [3.05, 3.63) is 64.0 Å². The number of hydrogen-bond donors (Lipinski definition) is 1. The molecule has 8 nitrogen and oxygen atoms in total. The molecule has 2 aromatic carbocycles. The Balaban J connectivity index is 0.00000280. The molecule has 11 heteroatoms. The van der Waals surface area contributed by atoms with Crippen molar-refractivity contribution in [1.29, 1.82) is 0 Å². The maximum absolute atomic E-state index is 13.6. The number of nitrogens with zero attached hydrogens (tertiary/aromatic N) is 2. The minimum absolute atomic E-state index is 0. The Labute approximate surface area is 167 Å². The zero-order valence-electron chi connectivity index (χ0n) is 14.9. The first kappa shape index (κ1) is 22.0. The molecule has 0 bridgehead atoms. The molecule has 0 aromatic heterocycles. The number of rotatable bonds is 5. The molecular weight excluding hydrogens is 413 g/mol. The summed E-state index contributed by atoms with van der Waals surface area (Å²) in [5.41, 5.74) is 0.249. The number of nitro groups is 1. The van der Waals surface area contributed by atoms with E-state index in [4.69, 9.17) is 4.74 Å². The van der Waals surface area contributed by atoms with Crippen molar-refractivity contribution in [2.24, 2.45) is 0 Å². The molecule has 0 radical (unpaired) electrons. The highest BCUT2D eigenvalue weighted by molar-refractivity contribution is 7.89. The van der Waals surface area contributed by atoms with E-state index < -0.39 is 26.8 Å². The maximum Gasteiger partial charge on any atom is 0.273 e. The Bertz CT molecular complexity index is 973. The van der Waals surface area contributed by atoms with Gasteiger partial charge in [0.2, 0.25) is 10.0 Å². The molecule has 0 amide bonds. The van der Waals surface area contributed by atoms with Gasteiger partial charge in [-0.25, -0.2) is 12.8 Å². The molecule has 2 aromatic rings. The van der Waals surface area contributed by atoms with Crippen LogP contribution in [0.25, 0.3) is 0 Å². The van der Waals surface area contributed by atoms with Crippen LogP contribution in [0, 0.1) is 15.9 Å². The second-order valence-electron chi connectivity index (χ2n) is 5.98. The fourth-order valence-corrected chi connectivity index (χ4v) is 4.83. The van der Waals surface area contributed by atoms with Crippen molar-refractivity contribution in [2.75, 3.05) is 26.7 Å². The molecule has 1 heterocycles. The quantitative estimate of drug-likeness (QED) is 0.576. The van der Waals surface area contributed by atoms with Crippen LogP contribution >= 0.6 is 12.4 Å². The number of benzene rings is 2. The fraction of sp³-hybridized carbons (Fsp3) is 0.294. The van der Waals surface area contributed by atoms with Gasteiger partial charge in [0.15, 0.2) is 0 Å². The van der Waals surface area contributed by atoms with Gasteiger partial charge in [-0.3, -0.25) is 10.1 Å². The van der Waals surface area contributed by atoms with E-state index in [1.165, 1.54) is 29.6 Å². The first-order valence-corrected chi connectivity index (χ1v) is 9.59. The van der Waals surface area contributed by atoms with Crippen molar-refractivity contribution in [2.45, 2.75) is 10.9 Å². The SMILES string of the molecule is COc1cc([N+](=O)[O-])ccc1S(=O)(=O)N1CCNCC1c1cccc(F)c1.Cl. The smallest absolute Gasteiger partial charge is 0.273 e.